The van der Waals surface area contributed by atoms with Gasteiger partial charge in [-0.1, -0.05) is 0 Å². The van der Waals surface area contributed by atoms with Crippen molar-refractivity contribution >= 4 is 32.8 Å². The van der Waals surface area contributed by atoms with Crippen molar-refractivity contribution in [3.8, 4) is 5.75 Å². The van der Waals surface area contributed by atoms with E-state index in [1.54, 1.807) is 0 Å². The number of carbonyl (C=O) groups is 1. The van der Waals surface area contributed by atoms with Crippen LogP contribution in [0.2, 0.25) is 0 Å². The molecule has 19 heavy (non-hydrogen) atoms. The quantitative estimate of drug-likeness (QED) is 0.694. The number of hydrogen-bond donors (Lipinski definition) is 1. The van der Waals surface area contributed by atoms with Gasteiger partial charge < -0.3 is 14.6 Å². The first-order valence-corrected chi connectivity index (χ1v) is 6.90. The van der Waals surface area contributed by atoms with Gasteiger partial charge in [0.1, 0.15) is 0 Å². The Hall–Kier alpha value is -1.33. The molecule has 0 unspecified atom stereocenters. The maximum atomic E-state index is 11.2. The van der Waals surface area contributed by atoms with Crippen molar-refractivity contribution in [3.63, 3.8) is 0 Å². The molecule has 0 radical (unpaired) electrons. The molecule has 0 fully saturated rings. The number of benzene rings is 1. The van der Waals surface area contributed by atoms with Gasteiger partial charge in [0.25, 0.3) is 0 Å². The molecule has 0 amide bonds. The molecule has 0 saturated carbocycles. The molecule has 1 N–H and O–H groups in total. The fourth-order valence-electron chi connectivity index (χ4n) is 2.02. The highest BCUT2D eigenvalue weighted by molar-refractivity contribution is 9.10. The monoisotopic (exact) mass is 324 g/mol. The van der Waals surface area contributed by atoms with Gasteiger partial charge in [0, 0.05) is 30.6 Å². The number of hydrogen-bond acceptors (Lipinski definition) is 3. The summed E-state index contributed by atoms with van der Waals surface area (Å²) in [5.41, 5.74) is 2.13. The molecule has 0 aliphatic heterocycles. The number of nitrogens with one attached hydrogen (secondary N) is 1. The Labute approximate surface area is 120 Å². The number of ether oxygens (including phenoxy) is 1. The van der Waals surface area contributed by atoms with Crippen LogP contribution in [0.5, 0.6) is 5.75 Å². The Morgan fingerprint density at radius 3 is 2.79 bits per heavy atom. The van der Waals surface area contributed by atoms with Crippen molar-refractivity contribution in [1.82, 2.24) is 9.88 Å². The second-order valence-corrected chi connectivity index (χ2v) is 5.61. The Morgan fingerprint density at radius 1 is 1.42 bits per heavy atom. The molecule has 4 nitrogen and oxygen atoms in total. The first kappa shape index (κ1) is 14.1. The van der Waals surface area contributed by atoms with E-state index >= 15 is 0 Å². The molecular weight excluding hydrogens is 308 g/mol. The molecular formula is C14H17BrN2O2. The lowest BCUT2D eigenvalue weighted by molar-refractivity contribution is -0.131. The Balaban J connectivity index is 2.48. The van der Waals surface area contributed by atoms with Crippen LogP contribution in [-0.2, 0) is 11.2 Å². The second kappa shape index (κ2) is 5.75. The summed E-state index contributed by atoms with van der Waals surface area (Å²) in [4.78, 5) is 16.6. The summed E-state index contributed by atoms with van der Waals surface area (Å²) in [6.07, 6.45) is 2.88. The van der Waals surface area contributed by atoms with Crippen LogP contribution in [0.3, 0.4) is 0 Å². The van der Waals surface area contributed by atoms with Gasteiger partial charge in [0.2, 0.25) is 0 Å². The summed E-state index contributed by atoms with van der Waals surface area (Å²) < 4.78 is 6.14. The molecule has 0 aliphatic carbocycles. The molecule has 0 aliphatic rings. The number of aromatic amines is 1. The molecule has 2 rings (SSSR count). The standard InChI is InChI=1S/C14H17BrN2O2/c1-9(18)19-14-11(15)4-5-12-13(14)10(8-16-12)6-7-17(2)3/h4-5,8,16H,6-7H2,1-3H3. The molecule has 102 valence electrons. The summed E-state index contributed by atoms with van der Waals surface area (Å²) in [7, 11) is 4.08. The first-order chi connectivity index (χ1) is 8.99. The number of esters is 1. The van der Waals surface area contributed by atoms with E-state index in [1.807, 2.05) is 32.4 Å². The predicted octanol–water partition coefficient (Wildman–Crippen LogP) is 2.96. The van der Waals surface area contributed by atoms with E-state index in [1.165, 1.54) is 6.92 Å². The predicted molar refractivity (Wildman–Crippen MR) is 79.6 cm³/mol. The molecule has 1 heterocycles. The number of H-pyrrole nitrogens is 1. The minimum absolute atomic E-state index is 0.312. The van der Waals surface area contributed by atoms with Crippen molar-refractivity contribution in [2.24, 2.45) is 0 Å². The van der Waals surface area contributed by atoms with Crippen LogP contribution >= 0.6 is 15.9 Å². The largest absolute Gasteiger partial charge is 0.425 e. The van der Waals surface area contributed by atoms with Crippen molar-refractivity contribution in [3.05, 3.63) is 28.4 Å². The van der Waals surface area contributed by atoms with Gasteiger partial charge in [0.15, 0.2) is 5.75 Å². The number of aromatic nitrogens is 1. The zero-order valence-electron chi connectivity index (χ0n) is 11.3. The van der Waals surface area contributed by atoms with Gasteiger partial charge in [-0.3, -0.25) is 4.79 Å². The van der Waals surface area contributed by atoms with Gasteiger partial charge in [-0.25, -0.2) is 0 Å². The maximum Gasteiger partial charge on any atom is 0.308 e. The number of fused-ring (bicyclic) bond motifs is 1. The normalized spacial score (nSPS) is 11.2. The number of likely N-dealkylation sites (N-methyl/N-ethyl adjacent to an activating group) is 1. The Kier molecular flexibility index (Phi) is 4.27. The Bertz CT molecular complexity index is 605. The van der Waals surface area contributed by atoms with Gasteiger partial charge in [-0.05, 0) is 54.1 Å². The average molecular weight is 325 g/mol. The summed E-state index contributed by atoms with van der Waals surface area (Å²) in [5.74, 6) is 0.285. The second-order valence-electron chi connectivity index (χ2n) is 4.76. The fraction of sp³-hybridized carbons (Fsp3) is 0.357. The lowest BCUT2D eigenvalue weighted by Gasteiger charge is -2.10. The lowest BCUT2D eigenvalue weighted by atomic mass is 10.1. The molecule has 0 spiro atoms. The van der Waals surface area contributed by atoms with Crippen LogP contribution in [0.1, 0.15) is 12.5 Å². The van der Waals surface area contributed by atoms with E-state index in [9.17, 15) is 4.79 Å². The van der Waals surface area contributed by atoms with Crippen LogP contribution in [-0.4, -0.2) is 36.5 Å². The van der Waals surface area contributed by atoms with Crippen molar-refractivity contribution in [2.75, 3.05) is 20.6 Å². The van der Waals surface area contributed by atoms with Crippen molar-refractivity contribution < 1.29 is 9.53 Å². The first-order valence-electron chi connectivity index (χ1n) is 6.10. The van der Waals surface area contributed by atoms with E-state index < -0.39 is 0 Å². The van der Waals surface area contributed by atoms with Crippen LogP contribution in [0.15, 0.2) is 22.8 Å². The summed E-state index contributed by atoms with van der Waals surface area (Å²) in [6.45, 7) is 2.36. The maximum absolute atomic E-state index is 11.2. The summed E-state index contributed by atoms with van der Waals surface area (Å²) in [6, 6.07) is 3.86. The van der Waals surface area contributed by atoms with E-state index in [2.05, 4.69) is 25.8 Å². The summed E-state index contributed by atoms with van der Waals surface area (Å²) in [5, 5.41) is 0.978. The smallest absolute Gasteiger partial charge is 0.308 e. The number of rotatable bonds is 4. The van der Waals surface area contributed by atoms with Crippen molar-refractivity contribution in [2.45, 2.75) is 13.3 Å². The zero-order chi connectivity index (χ0) is 14.0. The van der Waals surface area contributed by atoms with Crippen LogP contribution in [0, 0.1) is 0 Å². The molecule has 0 atom stereocenters. The van der Waals surface area contributed by atoms with E-state index in [-0.39, 0.29) is 5.97 Å². The molecule has 0 saturated heterocycles. The highest BCUT2D eigenvalue weighted by Gasteiger charge is 2.14. The average Bonchev–Trinajstić information content (AvgIpc) is 2.73. The van der Waals surface area contributed by atoms with Crippen molar-refractivity contribution in [1.29, 1.82) is 0 Å². The minimum Gasteiger partial charge on any atom is -0.425 e. The molecule has 5 heteroatoms. The molecule has 1 aromatic carbocycles. The third kappa shape index (κ3) is 3.16. The van der Waals surface area contributed by atoms with Gasteiger partial charge in [0.05, 0.1) is 4.47 Å². The number of carbonyl (C=O) groups excluding carboxylic acids is 1. The van der Waals surface area contributed by atoms with E-state index in [0.29, 0.717) is 5.75 Å². The van der Waals surface area contributed by atoms with E-state index in [0.717, 1.165) is 33.9 Å². The summed E-state index contributed by atoms with van der Waals surface area (Å²) >= 11 is 3.44. The fourth-order valence-corrected chi connectivity index (χ4v) is 2.43. The van der Waals surface area contributed by atoms with Crippen LogP contribution < -0.4 is 4.74 Å². The minimum atomic E-state index is -0.312. The third-order valence-electron chi connectivity index (χ3n) is 2.91. The van der Waals surface area contributed by atoms with Gasteiger partial charge in [-0.15, -0.1) is 0 Å². The molecule has 2 aromatic rings. The topological polar surface area (TPSA) is 45.3 Å². The number of nitrogens with zero attached hydrogens (tertiary/aromatic N) is 1. The number of halogens is 1. The lowest BCUT2D eigenvalue weighted by Crippen LogP contribution is -2.15. The Morgan fingerprint density at radius 2 is 2.16 bits per heavy atom. The molecule has 1 aromatic heterocycles. The highest BCUT2D eigenvalue weighted by atomic mass is 79.9. The van der Waals surface area contributed by atoms with Crippen LogP contribution in [0.25, 0.3) is 10.9 Å². The van der Waals surface area contributed by atoms with E-state index in [4.69, 9.17) is 4.74 Å². The highest BCUT2D eigenvalue weighted by Crippen LogP contribution is 2.36. The van der Waals surface area contributed by atoms with Crippen LogP contribution in [0.4, 0.5) is 0 Å². The zero-order valence-corrected chi connectivity index (χ0v) is 12.9. The third-order valence-corrected chi connectivity index (χ3v) is 3.53. The van der Waals surface area contributed by atoms with Gasteiger partial charge >= 0.3 is 5.97 Å². The van der Waals surface area contributed by atoms with Gasteiger partial charge in [-0.2, -0.15) is 0 Å². The SMILES string of the molecule is CC(=O)Oc1c(Br)ccc2[nH]cc(CCN(C)C)c12. The molecule has 0 bridgehead atoms.